The number of fused-ring (bicyclic) bond motifs is 1. The molecule has 1 atom stereocenters. The fourth-order valence-corrected chi connectivity index (χ4v) is 1.57. The van der Waals surface area contributed by atoms with E-state index in [1.54, 1.807) is 19.2 Å². The van der Waals surface area contributed by atoms with Crippen LogP contribution in [0.2, 0.25) is 0 Å². The molecule has 0 saturated heterocycles. The van der Waals surface area contributed by atoms with Crippen molar-refractivity contribution in [3.63, 3.8) is 0 Å². The van der Waals surface area contributed by atoms with Gasteiger partial charge in [0.1, 0.15) is 0 Å². The smallest absolute Gasteiger partial charge is 0.276 e. The maximum absolute atomic E-state index is 11.8. The SMILES string of the molecule is CC(N)CONC(=O)c1cccc2cc[nH]c12. The number of aromatic nitrogens is 1. The van der Waals surface area contributed by atoms with Gasteiger partial charge >= 0.3 is 0 Å². The quantitative estimate of drug-likeness (QED) is 0.693. The van der Waals surface area contributed by atoms with Crippen LogP contribution in [0.1, 0.15) is 17.3 Å². The first-order valence-electron chi connectivity index (χ1n) is 5.42. The van der Waals surface area contributed by atoms with Crippen LogP contribution in [0.4, 0.5) is 0 Å². The van der Waals surface area contributed by atoms with Crippen molar-refractivity contribution < 1.29 is 9.63 Å². The Bertz CT molecular complexity index is 519. The fourth-order valence-electron chi connectivity index (χ4n) is 1.57. The van der Waals surface area contributed by atoms with E-state index in [0.29, 0.717) is 5.56 Å². The zero-order valence-electron chi connectivity index (χ0n) is 9.57. The molecule has 0 saturated carbocycles. The van der Waals surface area contributed by atoms with E-state index in [-0.39, 0.29) is 18.6 Å². The number of amides is 1. The van der Waals surface area contributed by atoms with Gasteiger partial charge in [-0.25, -0.2) is 5.48 Å². The van der Waals surface area contributed by atoms with Crippen molar-refractivity contribution >= 4 is 16.8 Å². The Balaban J connectivity index is 2.11. The summed E-state index contributed by atoms with van der Waals surface area (Å²) in [5.74, 6) is -0.279. The van der Waals surface area contributed by atoms with Crippen molar-refractivity contribution in [1.29, 1.82) is 0 Å². The van der Waals surface area contributed by atoms with Gasteiger partial charge in [-0.1, -0.05) is 12.1 Å². The summed E-state index contributed by atoms with van der Waals surface area (Å²) in [5, 5.41) is 0.991. The molecular weight excluding hydrogens is 218 g/mol. The van der Waals surface area contributed by atoms with Crippen LogP contribution in [0.25, 0.3) is 10.9 Å². The summed E-state index contributed by atoms with van der Waals surface area (Å²) >= 11 is 0. The summed E-state index contributed by atoms with van der Waals surface area (Å²) < 4.78 is 0. The van der Waals surface area contributed by atoms with Gasteiger partial charge in [0.15, 0.2) is 0 Å². The highest BCUT2D eigenvalue weighted by molar-refractivity contribution is 6.05. The van der Waals surface area contributed by atoms with Crippen molar-refractivity contribution in [2.45, 2.75) is 13.0 Å². The number of H-pyrrole nitrogens is 1. The second-order valence-corrected chi connectivity index (χ2v) is 3.97. The Hall–Kier alpha value is -1.85. The van der Waals surface area contributed by atoms with Crippen molar-refractivity contribution in [2.75, 3.05) is 6.61 Å². The highest BCUT2D eigenvalue weighted by Gasteiger charge is 2.10. The van der Waals surface area contributed by atoms with E-state index in [9.17, 15) is 4.79 Å². The molecule has 1 amide bonds. The van der Waals surface area contributed by atoms with Crippen molar-refractivity contribution in [1.82, 2.24) is 10.5 Å². The number of nitrogens with one attached hydrogen (secondary N) is 2. The van der Waals surface area contributed by atoms with Gasteiger partial charge in [-0.05, 0) is 19.1 Å². The number of nitrogens with two attached hydrogens (primary N) is 1. The molecule has 0 aliphatic heterocycles. The zero-order chi connectivity index (χ0) is 12.3. The average molecular weight is 233 g/mol. The van der Waals surface area contributed by atoms with Gasteiger partial charge in [0.2, 0.25) is 0 Å². The number of rotatable bonds is 4. The van der Waals surface area contributed by atoms with Gasteiger partial charge in [-0.3, -0.25) is 9.63 Å². The molecule has 4 N–H and O–H groups in total. The highest BCUT2D eigenvalue weighted by atomic mass is 16.7. The van der Waals surface area contributed by atoms with Crippen LogP contribution in [0.3, 0.4) is 0 Å². The number of hydrogen-bond donors (Lipinski definition) is 3. The molecule has 1 aromatic carbocycles. The van der Waals surface area contributed by atoms with E-state index in [1.807, 2.05) is 18.2 Å². The Morgan fingerprint density at radius 1 is 1.53 bits per heavy atom. The van der Waals surface area contributed by atoms with Gasteiger partial charge in [-0.15, -0.1) is 0 Å². The Kier molecular flexibility index (Phi) is 3.41. The van der Waals surface area contributed by atoms with Crippen LogP contribution < -0.4 is 11.2 Å². The van der Waals surface area contributed by atoms with E-state index in [0.717, 1.165) is 10.9 Å². The highest BCUT2D eigenvalue weighted by Crippen LogP contribution is 2.16. The van der Waals surface area contributed by atoms with Gasteiger partial charge < -0.3 is 10.7 Å². The molecule has 0 aliphatic carbocycles. The van der Waals surface area contributed by atoms with Crippen molar-refractivity contribution in [2.24, 2.45) is 5.73 Å². The lowest BCUT2D eigenvalue weighted by Crippen LogP contribution is -2.31. The van der Waals surface area contributed by atoms with E-state index in [2.05, 4.69) is 10.5 Å². The minimum Gasteiger partial charge on any atom is -0.361 e. The minimum absolute atomic E-state index is 0.114. The molecule has 0 spiro atoms. The molecule has 0 fully saturated rings. The summed E-state index contributed by atoms with van der Waals surface area (Å²) in [6, 6.07) is 7.30. The molecular formula is C12H15N3O2. The molecule has 0 bridgehead atoms. The predicted octanol–water partition coefficient (Wildman–Crippen LogP) is 1.18. The lowest BCUT2D eigenvalue weighted by atomic mass is 10.1. The molecule has 1 aromatic heterocycles. The largest absolute Gasteiger partial charge is 0.361 e. The first-order chi connectivity index (χ1) is 8.18. The molecule has 17 heavy (non-hydrogen) atoms. The Morgan fingerprint density at radius 2 is 2.35 bits per heavy atom. The molecule has 5 heteroatoms. The first-order valence-corrected chi connectivity index (χ1v) is 5.42. The predicted molar refractivity (Wildman–Crippen MR) is 65.4 cm³/mol. The zero-order valence-corrected chi connectivity index (χ0v) is 9.57. The number of carbonyl (C=O) groups excluding carboxylic acids is 1. The summed E-state index contributed by atoms with van der Waals surface area (Å²) in [7, 11) is 0. The van der Waals surface area contributed by atoms with Crippen LogP contribution >= 0.6 is 0 Å². The third kappa shape index (κ3) is 2.64. The van der Waals surface area contributed by atoms with Gasteiger partial charge in [0, 0.05) is 17.6 Å². The number of para-hydroxylation sites is 1. The van der Waals surface area contributed by atoms with Crippen LogP contribution in [0.15, 0.2) is 30.5 Å². The minimum atomic E-state index is -0.279. The molecule has 0 radical (unpaired) electrons. The fraction of sp³-hybridized carbons (Fsp3) is 0.250. The topological polar surface area (TPSA) is 80.1 Å². The van der Waals surface area contributed by atoms with Crippen LogP contribution in [-0.2, 0) is 4.84 Å². The van der Waals surface area contributed by atoms with E-state index in [1.165, 1.54) is 0 Å². The van der Waals surface area contributed by atoms with Gasteiger partial charge in [0.25, 0.3) is 5.91 Å². The lowest BCUT2D eigenvalue weighted by Gasteiger charge is -2.08. The summed E-state index contributed by atoms with van der Waals surface area (Å²) in [4.78, 5) is 19.9. The van der Waals surface area contributed by atoms with E-state index < -0.39 is 0 Å². The number of aromatic amines is 1. The van der Waals surface area contributed by atoms with Crippen LogP contribution in [0.5, 0.6) is 0 Å². The molecule has 5 nitrogen and oxygen atoms in total. The van der Waals surface area contributed by atoms with E-state index >= 15 is 0 Å². The van der Waals surface area contributed by atoms with Crippen LogP contribution in [0, 0.1) is 0 Å². The van der Waals surface area contributed by atoms with Gasteiger partial charge in [0.05, 0.1) is 17.7 Å². The second kappa shape index (κ2) is 4.99. The van der Waals surface area contributed by atoms with Crippen LogP contribution in [-0.4, -0.2) is 23.5 Å². The van der Waals surface area contributed by atoms with E-state index in [4.69, 9.17) is 10.6 Å². The molecule has 0 aliphatic rings. The molecule has 1 heterocycles. The molecule has 1 unspecified atom stereocenters. The standard InChI is InChI=1S/C12H15N3O2/c1-8(13)7-17-15-12(16)10-4-2-3-9-5-6-14-11(9)10/h2-6,8,14H,7,13H2,1H3,(H,15,16). The number of benzene rings is 1. The molecule has 2 aromatic rings. The number of carbonyl (C=O) groups is 1. The number of hydroxylamine groups is 1. The maximum atomic E-state index is 11.8. The summed E-state index contributed by atoms with van der Waals surface area (Å²) in [6.07, 6.45) is 1.80. The van der Waals surface area contributed by atoms with Gasteiger partial charge in [-0.2, -0.15) is 0 Å². The van der Waals surface area contributed by atoms with Crippen molar-refractivity contribution in [3.05, 3.63) is 36.0 Å². The normalized spacial score (nSPS) is 12.6. The second-order valence-electron chi connectivity index (χ2n) is 3.97. The monoisotopic (exact) mass is 233 g/mol. The maximum Gasteiger partial charge on any atom is 0.276 e. The summed E-state index contributed by atoms with van der Waals surface area (Å²) in [5.41, 5.74) is 9.24. The van der Waals surface area contributed by atoms with Crippen molar-refractivity contribution in [3.8, 4) is 0 Å². The third-order valence-electron chi connectivity index (χ3n) is 2.34. The number of hydrogen-bond acceptors (Lipinski definition) is 3. The Labute approximate surface area is 98.9 Å². The molecule has 2 rings (SSSR count). The Morgan fingerprint density at radius 3 is 3.12 bits per heavy atom. The third-order valence-corrected chi connectivity index (χ3v) is 2.34. The average Bonchev–Trinajstić information content (AvgIpc) is 2.75. The summed E-state index contributed by atoms with van der Waals surface area (Å²) in [6.45, 7) is 2.09. The first kappa shape index (κ1) is 11.6. The molecule has 90 valence electrons. The lowest BCUT2D eigenvalue weighted by molar-refractivity contribution is 0.0277.